The van der Waals surface area contributed by atoms with Gasteiger partial charge in [0.2, 0.25) is 0 Å². The number of aromatic nitrogens is 2. The van der Waals surface area contributed by atoms with Crippen LogP contribution in [0.4, 0.5) is 5.13 Å². The first-order valence-electron chi connectivity index (χ1n) is 6.56. The Bertz CT molecular complexity index is 991. The van der Waals surface area contributed by atoms with Gasteiger partial charge < -0.3 is 4.42 Å². The predicted molar refractivity (Wildman–Crippen MR) is 92.4 cm³/mol. The molecule has 1 aromatic carbocycles. The molecule has 114 valence electrons. The number of amides is 1. The number of nitrogens with zero attached hydrogens (tertiary/aromatic N) is 2. The van der Waals surface area contributed by atoms with E-state index in [1.807, 2.05) is 12.1 Å². The number of hydrogen-bond donors (Lipinski definition) is 1. The lowest BCUT2D eigenvalue weighted by molar-refractivity contribution is 0.102. The van der Waals surface area contributed by atoms with Crippen LogP contribution in [-0.4, -0.2) is 15.9 Å². The van der Waals surface area contributed by atoms with Crippen LogP contribution in [0.15, 0.2) is 46.4 Å². The molecule has 4 aromatic rings. The van der Waals surface area contributed by atoms with Crippen molar-refractivity contribution in [2.75, 3.05) is 5.32 Å². The second-order valence-electron chi connectivity index (χ2n) is 4.60. The Labute approximate surface area is 143 Å². The first kappa shape index (κ1) is 14.4. The van der Waals surface area contributed by atoms with Crippen LogP contribution in [-0.2, 0) is 0 Å². The third kappa shape index (κ3) is 2.86. The summed E-state index contributed by atoms with van der Waals surface area (Å²) in [7, 11) is 0. The van der Waals surface area contributed by atoms with Crippen molar-refractivity contribution in [3.63, 3.8) is 0 Å². The van der Waals surface area contributed by atoms with Gasteiger partial charge in [-0.1, -0.05) is 22.9 Å². The van der Waals surface area contributed by atoms with Crippen molar-refractivity contribution in [3.8, 4) is 10.8 Å². The minimum atomic E-state index is -0.302. The average molecular weight is 362 g/mol. The van der Waals surface area contributed by atoms with Crippen LogP contribution in [0.1, 0.15) is 10.5 Å². The Morgan fingerprint density at radius 3 is 3.00 bits per heavy atom. The number of furan rings is 1. The number of halogens is 1. The van der Waals surface area contributed by atoms with E-state index in [2.05, 4.69) is 15.3 Å². The predicted octanol–water partition coefficient (Wildman–Crippen LogP) is 4.92. The Morgan fingerprint density at radius 1 is 1.26 bits per heavy atom. The van der Waals surface area contributed by atoms with Gasteiger partial charge in [0.1, 0.15) is 5.69 Å². The molecule has 1 N–H and O–H groups in total. The van der Waals surface area contributed by atoms with Crippen molar-refractivity contribution in [2.45, 2.75) is 0 Å². The fourth-order valence-corrected chi connectivity index (χ4v) is 3.91. The molecule has 0 aliphatic heterocycles. The van der Waals surface area contributed by atoms with Crippen molar-refractivity contribution < 1.29 is 9.21 Å². The molecule has 0 saturated heterocycles. The smallest absolute Gasteiger partial charge is 0.276 e. The standard InChI is InChI=1S/C15H8ClN3O2S2/c16-8-3-4-9-12(6-8)23-15(18-9)19-13(20)10-7-22-14(17-10)11-2-1-5-21-11/h1-7H,(H,18,19,20). The number of benzene rings is 1. The normalized spacial score (nSPS) is 11.0. The molecule has 0 aliphatic carbocycles. The number of nitrogens with one attached hydrogen (secondary N) is 1. The molecule has 3 aromatic heterocycles. The molecule has 8 heteroatoms. The van der Waals surface area contributed by atoms with Crippen LogP contribution >= 0.6 is 34.3 Å². The largest absolute Gasteiger partial charge is 0.462 e. The van der Waals surface area contributed by atoms with E-state index in [1.54, 1.807) is 29.8 Å². The van der Waals surface area contributed by atoms with Gasteiger partial charge in [0.25, 0.3) is 5.91 Å². The van der Waals surface area contributed by atoms with Gasteiger partial charge in [0, 0.05) is 10.4 Å². The van der Waals surface area contributed by atoms with Gasteiger partial charge >= 0.3 is 0 Å². The van der Waals surface area contributed by atoms with E-state index in [4.69, 9.17) is 16.0 Å². The van der Waals surface area contributed by atoms with Crippen molar-refractivity contribution >= 4 is 55.5 Å². The maximum atomic E-state index is 12.3. The Morgan fingerprint density at radius 2 is 2.17 bits per heavy atom. The van der Waals surface area contributed by atoms with Crippen LogP contribution in [0.25, 0.3) is 21.0 Å². The lowest BCUT2D eigenvalue weighted by Crippen LogP contribution is -2.11. The zero-order valence-electron chi connectivity index (χ0n) is 11.4. The Kier molecular flexibility index (Phi) is 3.60. The van der Waals surface area contributed by atoms with Gasteiger partial charge in [-0.25, -0.2) is 9.97 Å². The molecule has 23 heavy (non-hydrogen) atoms. The number of carbonyl (C=O) groups excluding carboxylic acids is 1. The Hall–Kier alpha value is -2.22. The number of anilines is 1. The molecule has 4 rings (SSSR count). The monoisotopic (exact) mass is 361 g/mol. The highest BCUT2D eigenvalue weighted by atomic mass is 35.5. The van der Waals surface area contributed by atoms with Crippen LogP contribution in [0.5, 0.6) is 0 Å². The van der Waals surface area contributed by atoms with E-state index in [0.717, 1.165) is 10.2 Å². The molecule has 1 amide bonds. The highest BCUT2D eigenvalue weighted by Crippen LogP contribution is 2.29. The molecule has 0 radical (unpaired) electrons. The summed E-state index contributed by atoms with van der Waals surface area (Å²) in [4.78, 5) is 20.9. The molecule has 0 fully saturated rings. The van der Waals surface area contributed by atoms with E-state index in [0.29, 0.717) is 26.6 Å². The molecule has 5 nitrogen and oxygen atoms in total. The molecular weight excluding hydrogens is 354 g/mol. The van der Waals surface area contributed by atoms with Gasteiger partial charge in [0.15, 0.2) is 15.9 Å². The van der Waals surface area contributed by atoms with Gasteiger partial charge in [-0.05, 0) is 30.3 Å². The minimum absolute atomic E-state index is 0.302. The third-order valence-corrected chi connectivity index (χ3v) is 5.07. The van der Waals surface area contributed by atoms with Crippen molar-refractivity contribution in [2.24, 2.45) is 0 Å². The summed E-state index contributed by atoms with van der Waals surface area (Å²) in [6.07, 6.45) is 1.57. The molecule has 0 atom stereocenters. The fraction of sp³-hybridized carbons (Fsp3) is 0. The van der Waals surface area contributed by atoms with Crippen LogP contribution in [0, 0.1) is 0 Å². The van der Waals surface area contributed by atoms with E-state index in [9.17, 15) is 4.79 Å². The molecular formula is C15H8ClN3O2S2. The maximum Gasteiger partial charge on any atom is 0.276 e. The number of rotatable bonds is 3. The number of hydrogen-bond acceptors (Lipinski definition) is 6. The molecule has 3 heterocycles. The van der Waals surface area contributed by atoms with Crippen molar-refractivity contribution in [1.29, 1.82) is 0 Å². The van der Waals surface area contributed by atoms with E-state index in [-0.39, 0.29) is 5.91 Å². The van der Waals surface area contributed by atoms with Crippen LogP contribution in [0.3, 0.4) is 0 Å². The highest BCUT2D eigenvalue weighted by Gasteiger charge is 2.15. The fourth-order valence-electron chi connectivity index (χ4n) is 2.00. The molecule has 0 bridgehead atoms. The first-order valence-corrected chi connectivity index (χ1v) is 8.63. The van der Waals surface area contributed by atoms with E-state index in [1.165, 1.54) is 22.7 Å². The van der Waals surface area contributed by atoms with Crippen molar-refractivity contribution in [1.82, 2.24) is 9.97 Å². The summed E-state index contributed by atoms with van der Waals surface area (Å²) in [6, 6.07) is 9.00. The summed E-state index contributed by atoms with van der Waals surface area (Å²) in [5, 5.41) is 6.27. The minimum Gasteiger partial charge on any atom is -0.462 e. The first-order chi connectivity index (χ1) is 11.2. The second kappa shape index (κ2) is 5.77. The summed E-state index contributed by atoms with van der Waals surface area (Å²) in [5.74, 6) is 0.341. The molecule has 0 aliphatic rings. The van der Waals surface area contributed by atoms with Gasteiger partial charge in [-0.15, -0.1) is 11.3 Å². The van der Waals surface area contributed by atoms with Gasteiger partial charge in [-0.2, -0.15) is 0 Å². The number of fused-ring (bicyclic) bond motifs is 1. The number of thiazole rings is 2. The third-order valence-electron chi connectivity index (χ3n) is 3.04. The average Bonchev–Trinajstić information content (AvgIpc) is 3.26. The maximum absolute atomic E-state index is 12.3. The van der Waals surface area contributed by atoms with Gasteiger partial charge in [0.05, 0.1) is 16.5 Å². The Balaban J connectivity index is 1.57. The number of carbonyl (C=O) groups is 1. The summed E-state index contributed by atoms with van der Waals surface area (Å²) in [6.45, 7) is 0. The van der Waals surface area contributed by atoms with E-state index < -0.39 is 0 Å². The van der Waals surface area contributed by atoms with Gasteiger partial charge in [-0.3, -0.25) is 10.1 Å². The molecule has 0 saturated carbocycles. The zero-order chi connectivity index (χ0) is 15.8. The second-order valence-corrected chi connectivity index (χ2v) is 6.93. The lowest BCUT2D eigenvalue weighted by atomic mass is 10.3. The SMILES string of the molecule is O=C(Nc1nc2ccc(Cl)cc2s1)c1csc(-c2ccco2)n1. The summed E-state index contributed by atoms with van der Waals surface area (Å²) in [5.41, 5.74) is 1.13. The van der Waals surface area contributed by atoms with Crippen LogP contribution in [0.2, 0.25) is 5.02 Å². The van der Waals surface area contributed by atoms with E-state index >= 15 is 0 Å². The zero-order valence-corrected chi connectivity index (χ0v) is 13.8. The highest BCUT2D eigenvalue weighted by molar-refractivity contribution is 7.22. The molecule has 0 spiro atoms. The summed E-state index contributed by atoms with van der Waals surface area (Å²) < 4.78 is 6.19. The lowest BCUT2D eigenvalue weighted by Gasteiger charge is -1.96. The summed E-state index contributed by atoms with van der Waals surface area (Å²) >= 11 is 8.68. The van der Waals surface area contributed by atoms with Crippen LogP contribution < -0.4 is 5.32 Å². The topological polar surface area (TPSA) is 68.0 Å². The molecule has 0 unspecified atom stereocenters. The van der Waals surface area contributed by atoms with Crippen molar-refractivity contribution in [3.05, 3.63) is 52.7 Å². The quantitative estimate of drug-likeness (QED) is 0.562.